The number of carboxylic acids is 1. The molecule has 0 unspecified atom stereocenters. The minimum atomic E-state index is -1.08. The number of hydrogen-bond acceptors (Lipinski definition) is 5. The van der Waals surface area contributed by atoms with Gasteiger partial charge in [0.15, 0.2) is 11.5 Å². The third-order valence-electron chi connectivity index (χ3n) is 3.90. The van der Waals surface area contributed by atoms with Crippen molar-refractivity contribution >= 4 is 11.9 Å². The summed E-state index contributed by atoms with van der Waals surface area (Å²) in [6, 6.07) is 12.3. The molecule has 0 spiro atoms. The van der Waals surface area contributed by atoms with E-state index in [1.54, 1.807) is 6.07 Å². The molecule has 0 saturated carbocycles. The molecular weight excluding hydrogens is 338 g/mol. The third kappa shape index (κ3) is 3.88. The maximum Gasteiger partial charge on any atom is 0.323 e. The van der Waals surface area contributed by atoms with Crippen molar-refractivity contribution in [3.05, 3.63) is 53.6 Å². The number of hydrogen-bond donors (Lipinski definition) is 1. The molecule has 0 aliphatic carbocycles. The first-order valence-corrected chi connectivity index (χ1v) is 8.11. The highest BCUT2D eigenvalue weighted by Gasteiger charge is 2.24. The molecule has 2 aromatic carbocycles. The number of benzene rings is 2. The Morgan fingerprint density at radius 2 is 1.88 bits per heavy atom. The van der Waals surface area contributed by atoms with Gasteiger partial charge in [-0.15, -0.1) is 0 Å². The van der Waals surface area contributed by atoms with Crippen molar-refractivity contribution < 1.29 is 28.9 Å². The Morgan fingerprint density at radius 3 is 2.58 bits per heavy atom. The topological polar surface area (TPSA) is 85.3 Å². The van der Waals surface area contributed by atoms with Gasteiger partial charge in [0.25, 0.3) is 5.91 Å². The Labute approximate surface area is 150 Å². The zero-order chi connectivity index (χ0) is 18.5. The van der Waals surface area contributed by atoms with E-state index in [1.807, 2.05) is 30.3 Å². The molecule has 0 saturated heterocycles. The Bertz CT molecular complexity index is 788. The lowest BCUT2D eigenvalue weighted by molar-refractivity contribution is -0.137. The van der Waals surface area contributed by atoms with Gasteiger partial charge < -0.3 is 24.2 Å². The van der Waals surface area contributed by atoms with Crippen molar-refractivity contribution in [2.24, 2.45) is 0 Å². The van der Waals surface area contributed by atoms with Gasteiger partial charge in [-0.3, -0.25) is 9.59 Å². The molecule has 1 heterocycles. The molecule has 3 rings (SSSR count). The van der Waals surface area contributed by atoms with Crippen molar-refractivity contribution in [2.75, 3.05) is 26.9 Å². The van der Waals surface area contributed by atoms with E-state index < -0.39 is 18.4 Å². The summed E-state index contributed by atoms with van der Waals surface area (Å²) in [5.41, 5.74) is 1.12. The van der Waals surface area contributed by atoms with Crippen LogP contribution in [-0.4, -0.2) is 48.8 Å². The number of carbonyl (C=O) groups is 2. The van der Waals surface area contributed by atoms with Gasteiger partial charge in [-0.2, -0.15) is 0 Å². The lowest BCUT2D eigenvalue weighted by atomic mass is 10.1. The fourth-order valence-electron chi connectivity index (χ4n) is 2.75. The van der Waals surface area contributed by atoms with Crippen molar-refractivity contribution in [3.8, 4) is 17.2 Å². The molecule has 0 aromatic heterocycles. The summed E-state index contributed by atoms with van der Waals surface area (Å²) < 4.78 is 16.4. The highest BCUT2D eigenvalue weighted by molar-refractivity contribution is 5.97. The normalized spacial score (nSPS) is 12.3. The molecule has 1 aliphatic heterocycles. The Hall–Kier alpha value is -3.22. The van der Waals surface area contributed by atoms with E-state index in [4.69, 9.17) is 14.2 Å². The molecule has 0 fully saturated rings. The quantitative estimate of drug-likeness (QED) is 0.853. The maximum atomic E-state index is 12.9. The number of fused-ring (bicyclic) bond motifs is 1. The molecule has 7 heteroatoms. The number of carbonyl (C=O) groups excluding carboxylic acids is 1. The molecular formula is C19H19NO6. The fraction of sp³-hybridized carbons (Fsp3) is 0.263. The van der Waals surface area contributed by atoms with Crippen LogP contribution >= 0.6 is 0 Å². The third-order valence-corrected chi connectivity index (χ3v) is 3.90. The van der Waals surface area contributed by atoms with Gasteiger partial charge in [0, 0.05) is 12.1 Å². The van der Waals surface area contributed by atoms with Crippen LogP contribution in [0.3, 0.4) is 0 Å². The minimum absolute atomic E-state index is 0.183. The SMILES string of the molecule is COc1cc(C(=O)N(CC(=O)O)Cc2ccccc2)cc2c1OCCO2. The van der Waals surface area contributed by atoms with E-state index in [0.29, 0.717) is 30.5 Å². The maximum absolute atomic E-state index is 12.9. The lowest BCUT2D eigenvalue weighted by Crippen LogP contribution is -2.35. The van der Waals surface area contributed by atoms with Gasteiger partial charge >= 0.3 is 5.97 Å². The molecule has 136 valence electrons. The molecule has 1 N–H and O–H groups in total. The van der Waals surface area contributed by atoms with Gasteiger partial charge in [-0.25, -0.2) is 0 Å². The lowest BCUT2D eigenvalue weighted by Gasteiger charge is -2.24. The van der Waals surface area contributed by atoms with Crippen LogP contribution in [0.15, 0.2) is 42.5 Å². The van der Waals surface area contributed by atoms with Crippen LogP contribution in [0.4, 0.5) is 0 Å². The summed E-state index contributed by atoms with van der Waals surface area (Å²) in [6.45, 7) is 0.541. The van der Waals surface area contributed by atoms with Gasteiger partial charge in [0.2, 0.25) is 5.75 Å². The molecule has 2 aromatic rings. The van der Waals surface area contributed by atoms with E-state index in [-0.39, 0.29) is 12.1 Å². The van der Waals surface area contributed by atoms with Crippen molar-refractivity contribution in [2.45, 2.75) is 6.54 Å². The Balaban J connectivity index is 1.92. The average molecular weight is 357 g/mol. The van der Waals surface area contributed by atoms with E-state index in [1.165, 1.54) is 18.1 Å². The van der Waals surface area contributed by atoms with Crippen LogP contribution in [0.25, 0.3) is 0 Å². The fourth-order valence-corrected chi connectivity index (χ4v) is 2.75. The number of rotatable bonds is 6. The molecule has 0 bridgehead atoms. The van der Waals surface area contributed by atoms with Crippen molar-refractivity contribution in [1.82, 2.24) is 4.90 Å². The Morgan fingerprint density at radius 1 is 1.15 bits per heavy atom. The number of methoxy groups -OCH3 is 1. The van der Waals surface area contributed by atoms with Crippen LogP contribution in [0, 0.1) is 0 Å². The number of amides is 1. The van der Waals surface area contributed by atoms with Crippen LogP contribution < -0.4 is 14.2 Å². The van der Waals surface area contributed by atoms with E-state index >= 15 is 0 Å². The van der Waals surface area contributed by atoms with E-state index in [2.05, 4.69) is 0 Å². The van der Waals surface area contributed by atoms with Crippen LogP contribution in [-0.2, 0) is 11.3 Å². The summed E-state index contributed by atoms with van der Waals surface area (Å²) in [7, 11) is 1.47. The Kier molecular flexibility index (Phi) is 5.26. The molecule has 0 atom stereocenters. The predicted octanol–water partition coefficient (Wildman–Crippen LogP) is 2.19. The van der Waals surface area contributed by atoms with E-state index in [0.717, 1.165) is 5.56 Å². The largest absolute Gasteiger partial charge is 0.493 e. The standard InChI is InChI=1S/C19H19NO6/c1-24-15-9-14(10-16-18(15)26-8-7-25-16)19(23)20(12-17(21)22)11-13-5-3-2-4-6-13/h2-6,9-10H,7-8,11-12H2,1H3,(H,21,22). The first kappa shape index (κ1) is 17.6. The first-order chi connectivity index (χ1) is 12.6. The first-order valence-electron chi connectivity index (χ1n) is 8.11. The summed E-state index contributed by atoms with van der Waals surface area (Å²) >= 11 is 0. The summed E-state index contributed by atoms with van der Waals surface area (Å²) in [6.07, 6.45) is 0. The molecule has 7 nitrogen and oxygen atoms in total. The number of nitrogens with zero attached hydrogens (tertiary/aromatic N) is 1. The molecule has 1 aliphatic rings. The van der Waals surface area contributed by atoms with Crippen molar-refractivity contribution in [1.29, 1.82) is 0 Å². The van der Waals surface area contributed by atoms with Gasteiger partial charge in [0.05, 0.1) is 7.11 Å². The molecule has 1 amide bonds. The summed E-state index contributed by atoms with van der Waals surface area (Å²) in [5, 5.41) is 9.19. The summed E-state index contributed by atoms with van der Waals surface area (Å²) in [4.78, 5) is 25.4. The number of aliphatic carboxylic acids is 1. The highest BCUT2D eigenvalue weighted by Crippen LogP contribution is 2.40. The van der Waals surface area contributed by atoms with Gasteiger partial charge in [0.1, 0.15) is 19.8 Å². The molecule has 0 radical (unpaired) electrons. The number of carboxylic acid groups (broad SMARTS) is 1. The zero-order valence-electron chi connectivity index (χ0n) is 14.3. The number of ether oxygens (including phenoxy) is 3. The second kappa shape index (κ2) is 7.77. The average Bonchev–Trinajstić information content (AvgIpc) is 2.66. The van der Waals surface area contributed by atoms with Crippen molar-refractivity contribution in [3.63, 3.8) is 0 Å². The minimum Gasteiger partial charge on any atom is -0.493 e. The smallest absolute Gasteiger partial charge is 0.323 e. The second-order valence-electron chi connectivity index (χ2n) is 5.74. The van der Waals surface area contributed by atoms with Crippen LogP contribution in [0.1, 0.15) is 15.9 Å². The second-order valence-corrected chi connectivity index (χ2v) is 5.74. The predicted molar refractivity (Wildman–Crippen MR) is 92.8 cm³/mol. The highest BCUT2D eigenvalue weighted by atomic mass is 16.6. The van der Waals surface area contributed by atoms with E-state index in [9.17, 15) is 14.7 Å². The summed E-state index contributed by atoms with van der Waals surface area (Å²) in [5.74, 6) is -0.275. The van der Waals surface area contributed by atoms with Crippen LogP contribution in [0.5, 0.6) is 17.2 Å². The van der Waals surface area contributed by atoms with Gasteiger partial charge in [-0.1, -0.05) is 30.3 Å². The van der Waals surface area contributed by atoms with Gasteiger partial charge in [-0.05, 0) is 17.7 Å². The molecule has 26 heavy (non-hydrogen) atoms. The monoisotopic (exact) mass is 357 g/mol. The zero-order valence-corrected chi connectivity index (χ0v) is 14.3. The van der Waals surface area contributed by atoms with Crippen LogP contribution in [0.2, 0.25) is 0 Å².